The molecule has 4 rings (SSSR count). The fourth-order valence-corrected chi connectivity index (χ4v) is 8.02. The normalized spacial score (nSPS) is 19.6. The van der Waals surface area contributed by atoms with Crippen LogP contribution in [0.5, 0.6) is 0 Å². The summed E-state index contributed by atoms with van der Waals surface area (Å²) in [6.45, 7) is 0. The number of aromatic nitrogens is 3. The van der Waals surface area contributed by atoms with Crippen molar-refractivity contribution >= 4 is 92.4 Å². The number of hydrogen-bond acceptors (Lipinski definition) is 15. The maximum atomic E-state index is 12.9. The van der Waals surface area contributed by atoms with Crippen LogP contribution in [0.1, 0.15) is 5.69 Å². The number of nitrogen functional groups attached to an aromatic ring is 1. The molecule has 14 nitrogen and oxygen atoms in total. The number of β-lactam (4-membered cyclic amide) rings is 1. The number of carboxylic acids is 1. The molecule has 0 aromatic carbocycles. The average Bonchev–Trinajstić information content (AvgIpc) is 3.48. The van der Waals surface area contributed by atoms with E-state index in [0.717, 1.165) is 16.2 Å². The van der Waals surface area contributed by atoms with Crippen molar-refractivity contribution in [2.45, 2.75) is 20.1 Å². The summed E-state index contributed by atoms with van der Waals surface area (Å²) in [4.78, 5) is 42.6. The Morgan fingerprint density at radius 1 is 1.33 bits per heavy atom. The number of nitrogens with zero attached hydrogens (tertiary/aromatic N) is 5. The van der Waals surface area contributed by atoms with Gasteiger partial charge in [0.25, 0.3) is 11.8 Å². The highest BCUT2D eigenvalue weighted by Crippen LogP contribution is 2.42. The number of carboxylic acid groups (broad SMARTS) is 1. The van der Waals surface area contributed by atoms with E-state index in [9.17, 15) is 24.7 Å². The van der Waals surface area contributed by atoms with Crippen LogP contribution in [0.2, 0.25) is 0 Å². The number of thiazole rings is 1. The number of aliphatic carboxylic acids is 1. The van der Waals surface area contributed by atoms with E-state index in [1.54, 1.807) is 0 Å². The molecule has 190 valence electrons. The number of anilines is 1. The van der Waals surface area contributed by atoms with E-state index in [0.29, 0.717) is 25.8 Å². The number of thioether (sulfide) groups is 3. The summed E-state index contributed by atoms with van der Waals surface area (Å²) in [7, 11) is 0. The van der Waals surface area contributed by atoms with Crippen LogP contribution in [0, 0.1) is 5.41 Å². The zero-order chi connectivity index (χ0) is 26.0. The smallest absolute Gasteiger partial charge is 0.352 e. The third-order valence-electron chi connectivity index (χ3n) is 4.72. The first kappa shape index (κ1) is 26.2. The number of amidine groups is 1. The second kappa shape index (κ2) is 11.0. The van der Waals surface area contributed by atoms with Crippen LogP contribution < -0.4 is 16.8 Å². The highest BCUT2D eigenvalue weighted by atomic mass is 32.2. The van der Waals surface area contributed by atoms with Gasteiger partial charge in [-0.05, 0) is 5.57 Å². The largest absolute Gasteiger partial charge is 0.477 e. The van der Waals surface area contributed by atoms with Crippen molar-refractivity contribution in [3.05, 3.63) is 22.3 Å². The number of hydrogen-bond donors (Lipinski definition) is 6. The van der Waals surface area contributed by atoms with Crippen molar-refractivity contribution in [2.75, 3.05) is 23.0 Å². The molecule has 1 saturated heterocycles. The van der Waals surface area contributed by atoms with Gasteiger partial charge in [-0.1, -0.05) is 40.0 Å². The fourth-order valence-electron chi connectivity index (χ4n) is 3.22. The maximum Gasteiger partial charge on any atom is 0.352 e. The van der Waals surface area contributed by atoms with Crippen LogP contribution in [0.25, 0.3) is 0 Å². The Kier molecular flexibility index (Phi) is 8.03. The summed E-state index contributed by atoms with van der Waals surface area (Å²) in [5, 5.41) is 40.9. The summed E-state index contributed by atoms with van der Waals surface area (Å²) in [6, 6.07) is -0.997. The lowest BCUT2D eigenvalue weighted by atomic mass is 10.0. The van der Waals surface area contributed by atoms with E-state index in [-0.39, 0.29) is 28.1 Å². The highest BCUT2D eigenvalue weighted by Gasteiger charge is 2.54. The van der Waals surface area contributed by atoms with Gasteiger partial charge in [-0.2, -0.15) is 0 Å². The van der Waals surface area contributed by atoms with Crippen molar-refractivity contribution in [1.29, 1.82) is 5.41 Å². The van der Waals surface area contributed by atoms with Gasteiger partial charge in [-0.25, -0.2) is 9.78 Å². The van der Waals surface area contributed by atoms with Gasteiger partial charge in [-0.3, -0.25) is 19.9 Å². The molecule has 2 atom stereocenters. The number of fused-ring (bicyclic) bond motifs is 1. The predicted octanol–water partition coefficient (Wildman–Crippen LogP) is 0.314. The fraction of sp³-hybridized carbons (Fsp3) is 0.294. The Hall–Kier alpha value is -2.87. The third kappa shape index (κ3) is 5.43. The molecular formula is C17H17N9O5S5. The van der Waals surface area contributed by atoms with E-state index in [4.69, 9.17) is 16.9 Å². The summed E-state index contributed by atoms with van der Waals surface area (Å²) in [5.74, 6) is -1.75. The molecule has 2 aliphatic rings. The summed E-state index contributed by atoms with van der Waals surface area (Å²) in [6.07, 6.45) is 0. The first-order chi connectivity index (χ1) is 17.2. The SMILES string of the molecule is N=C(N)CSc1nnc(SCC2=C(C(=O)O)N3C(=O)[C@@H](NC(=O)/C(=N\O)c4csc(N)n4)[C@@H]3SC2)s1. The van der Waals surface area contributed by atoms with Gasteiger partial charge in [0.05, 0.1) is 5.75 Å². The highest BCUT2D eigenvalue weighted by molar-refractivity contribution is 8.03. The first-order valence-electron chi connectivity index (χ1n) is 9.75. The summed E-state index contributed by atoms with van der Waals surface area (Å²) in [5.41, 5.74) is 11.0. The van der Waals surface area contributed by atoms with Crippen molar-refractivity contribution in [2.24, 2.45) is 10.9 Å². The Morgan fingerprint density at radius 3 is 2.67 bits per heavy atom. The van der Waals surface area contributed by atoms with Crippen LogP contribution in [0.15, 0.2) is 30.5 Å². The molecular weight excluding hydrogens is 571 g/mol. The Balaban J connectivity index is 1.42. The molecule has 0 bridgehead atoms. The lowest BCUT2D eigenvalue weighted by molar-refractivity contribution is -0.150. The van der Waals surface area contributed by atoms with E-state index in [1.165, 1.54) is 52.0 Å². The molecule has 2 aliphatic heterocycles. The number of carbonyl (C=O) groups is 3. The van der Waals surface area contributed by atoms with Crippen LogP contribution >= 0.6 is 58.0 Å². The molecule has 0 spiro atoms. The summed E-state index contributed by atoms with van der Waals surface area (Å²) >= 11 is 6.25. The number of amides is 2. The Labute approximate surface area is 223 Å². The second-order valence-corrected chi connectivity index (χ2v) is 12.5. The standard InChI is InChI=1S/C17H17N9O5S5/c18-7(19)4-35-17-24-23-16(36-17)34-2-5-1-32-13-9(12(28)26(13)10(5)14(29)30)22-11(27)8(25-31)6-3-33-15(20)21-6/h3,9,13,31H,1-2,4H2,(H3,18,19)(H2,20,21)(H,22,27)(H,29,30)/b25-8-/t9-,13+/m1/s1. The molecule has 2 aromatic heterocycles. The minimum absolute atomic E-state index is 0.0239. The minimum atomic E-state index is -1.25. The van der Waals surface area contributed by atoms with Crippen molar-refractivity contribution < 1.29 is 24.7 Å². The number of oxime groups is 1. The monoisotopic (exact) mass is 587 g/mol. The minimum Gasteiger partial charge on any atom is -0.477 e. The zero-order valence-electron chi connectivity index (χ0n) is 17.9. The van der Waals surface area contributed by atoms with E-state index < -0.39 is 34.9 Å². The lowest BCUT2D eigenvalue weighted by Gasteiger charge is -2.49. The van der Waals surface area contributed by atoms with Crippen molar-refractivity contribution in [3.8, 4) is 0 Å². The quantitative estimate of drug-likeness (QED) is 0.0549. The molecule has 2 amide bonds. The lowest BCUT2D eigenvalue weighted by Crippen LogP contribution is -2.71. The van der Waals surface area contributed by atoms with Crippen molar-refractivity contribution in [3.63, 3.8) is 0 Å². The number of nitrogens with one attached hydrogen (secondary N) is 2. The molecule has 0 aliphatic carbocycles. The number of nitrogens with two attached hydrogens (primary N) is 2. The predicted molar refractivity (Wildman–Crippen MR) is 138 cm³/mol. The molecule has 8 N–H and O–H groups in total. The van der Waals surface area contributed by atoms with Crippen LogP contribution in [0.3, 0.4) is 0 Å². The summed E-state index contributed by atoms with van der Waals surface area (Å²) < 4.78 is 1.25. The van der Waals surface area contributed by atoms with E-state index in [2.05, 4.69) is 25.7 Å². The Morgan fingerprint density at radius 2 is 2.06 bits per heavy atom. The first-order valence-corrected chi connectivity index (χ1v) is 14.5. The number of rotatable bonds is 10. The van der Waals surface area contributed by atoms with E-state index >= 15 is 0 Å². The molecule has 19 heteroatoms. The molecule has 0 radical (unpaired) electrons. The third-order valence-corrected chi connectivity index (χ3v) is 10.1. The van der Waals surface area contributed by atoms with Gasteiger partial charge in [0.1, 0.15) is 28.6 Å². The van der Waals surface area contributed by atoms with Gasteiger partial charge >= 0.3 is 5.97 Å². The molecule has 2 aromatic rings. The topological polar surface area (TPSA) is 234 Å². The van der Waals surface area contributed by atoms with Crippen LogP contribution in [0.4, 0.5) is 5.13 Å². The van der Waals surface area contributed by atoms with Gasteiger partial charge < -0.3 is 27.1 Å². The second-order valence-electron chi connectivity index (χ2n) is 7.07. The van der Waals surface area contributed by atoms with Gasteiger partial charge in [0.15, 0.2) is 19.5 Å². The van der Waals surface area contributed by atoms with Crippen molar-refractivity contribution in [1.82, 2.24) is 25.4 Å². The molecule has 0 unspecified atom stereocenters. The van der Waals surface area contributed by atoms with E-state index in [1.807, 2.05) is 0 Å². The molecule has 4 heterocycles. The molecule has 1 fully saturated rings. The van der Waals surface area contributed by atoms with Gasteiger partial charge in [0, 0.05) is 16.9 Å². The van der Waals surface area contributed by atoms with Gasteiger partial charge in [0.2, 0.25) is 0 Å². The molecule has 36 heavy (non-hydrogen) atoms. The van der Waals surface area contributed by atoms with Crippen LogP contribution in [-0.4, -0.2) is 88.4 Å². The number of carbonyl (C=O) groups excluding carboxylic acids is 2. The zero-order valence-corrected chi connectivity index (χ0v) is 22.0. The molecule has 0 saturated carbocycles. The maximum absolute atomic E-state index is 12.9. The average molecular weight is 588 g/mol. The Bertz CT molecular complexity index is 1290. The van der Waals surface area contributed by atoms with Crippen LogP contribution in [-0.2, 0) is 14.4 Å². The van der Waals surface area contributed by atoms with Gasteiger partial charge in [-0.15, -0.1) is 33.3 Å².